The summed E-state index contributed by atoms with van der Waals surface area (Å²) in [5.74, 6) is 1.33. The molecule has 1 aromatic rings. The summed E-state index contributed by atoms with van der Waals surface area (Å²) in [6, 6.07) is 5.35. The Morgan fingerprint density at radius 2 is 2.00 bits per heavy atom. The van der Waals surface area contributed by atoms with E-state index in [2.05, 4.69) is 5.32 Å². The smallest absolute Gasteiger partial charge is 0.124 e. The fourth-order valence-corrected chi connectivity index (χ4v) is 1.81. The standard InChI is InChI=1S/C14H23NO4/c1-18-11-5-6-14(19-2)12(9-11)13(17)10-15-7-3-4-8-16/h5-6,9,13,15-17H,3-4,7-8,10H2,1-2H3. The third-order valence-corrected chi connectivity index (χ3v) is 2.90. The maximum absolute atomic E-state index is 10.2. The molecular weight excluding hydrogens is 246 g/mol. The molecule has 1 atom stereocenters. The normalized spacial score (nSPS) is 12.2. The molecule has 0 fully saturated rings. The maximum atomic E-state index is 10.2. The minimum absolute atomic E-state index is 0.202. The van der Waals surface area contributed by atoms with Gasteiger partial charge in [-0.25, -0.2) is 0 Å². The number of benzene rings is 1. The second kappa shape index (κ2) is 8.74. The highest BCUT2D eigenvalue weighted by atomic mass is 16.5. The molecule has 0 bridgehead atoms. The Morgan fingerprint density at radius 3 is 2.63 bits per heavy atom. The third kappa shape index (κ3) is 5.06. The number of aliphatic hydroxyl groups excluding tert-OH is 2. The van der Waals surface area contributed by atoms with E-state index in [1.54, 1.807) is 32.4 Å². The molecule has 0 amide bonds. The molecule has 0 aliphatic rings. The fourth-order valence-electron chi connectivity index (χ4n) is 1.81. The lowest BCUT2D eigenvalue weighted by Gasteiger charge is -2.16. The van der Waals surface area contributed by atoms with Gasteiger partial charge in [-0.05, 0) is 37.6 Å². The van der Waals surface area contributed by atoms with Gasteiger partial charge in [0.2, 0.25) is 0 Å². The van der Waals surface area contributed by atoms with Crippen LogP contribution >= 0.6 is 0 Å². The van der Waals surface area contributed by atoms with Gasteiger partial charge in [0.15, 0.2) is 0 Å². The molecule has 19 heavy (non-hydrogen) atoms. The van der Waals surface area contributed by atoms with Gasteiger partial charge in [-0.2, -0.15) is 0 Å². The zero-order valence-corrected chi connectivity index (χ0v) is 11.6. The molecule has 0 aliphatic heterocycles. The van der Waals surface area contributed by atoms with Gasteiger partial charge in [0.25, 0.3) is 0 Å². The Balaban J connectivity index is 2.56. The molecular formula is C14H23NO4. The fraction of sp³-hybridized carbons (Fsp3) is 0.571. The zero-order valence-electron chi connectivity index (χ0n) is 11.6. The van der Waals surface area contributed by atoms with Gasteiger partial charge in [-0.1, -0.05) is 0 Å². The molecule has 1 unspecified atom stereocenters. The largest absolute Gasteiger partial charge is 0.497 e. The first-order valence-corrected chi connectivity index (χ1v) is 6.44. The number of ether oxygens (including phenoxy) is 2. The maximum Gasteiger partial charge on any atom is 0.124 e. The Kier molecular flexibility index (Phi) is 7.25. The molecule has 1 aromatic carbocycles. The molecule has 3 N–H and O–H groups in total. The lowest BCUT2D eigenvalue weighted by Crippen LogP contribution is -2.23. The van der Waals surface area contributed by atoms with Crippen molar-refractivity contribution in [3.63, 3.8) is 0 Å². The molecule has 0 aromatic heterocycles. The van der Waals surface area contributed by atoms with Crippen LogP contribution in [0.4, 0.5) is 0 Å². The van der Waals surface area contributed by atoms with Crippen LogP contribution in [-0.2, 0) is 0 Å². The van der Waals surface area contributed by atoms with Crippen LogP contribution in [0.2, 0.25) is 0 Å². The Hall–Kier alpha value is -1.30. The Bertz CT molecular complexity index is 370. The minimum atomic E-state index is -0.654. The van der Waals surface area contributed by atoms with E-state index >= 15 is 0 Å². The summed E-state index contributed by atoms with van der Waals surface area (Å²) in [6.45, 7) is 1.41. The van der Waals surface area contributed by atoms with Crippen molar-refractivity contribution in [2.24, 2.45) is 0 Å². The number of unbranched alkanes of at least 4 members (excludes halogenated alkanes) is 1. The summed E-state index contributed by atoms with van der Waals surface area (Å²) < 4.78 is 10.4. The Labute approximate surface area is 114 Å². The summed E-state index contributed by atoms with van der Waals surface area (Å²) in [6.07, 6.45) is 1.00. The van der Waals surface area contributed by atoms with Crippen molar-refractivity contribution in [1.82, 2.24) is 5.32 Å². The van der Waals surface area contributed by atoms with Gasteiger partial charge in [-0.15, -0.1) is 0 Å². The highest BCUT2D eigenvalue weighted by molar-refractivity contribution is 5.41. The van der Waals surface area contributed by atoms with Crippen LogP contribution in [0.5, 0.6) is 11.5 Å². The number of hydrogen-bond donors (Lipinski definition) is 3. The van der Waals surface area contributed by atoms with Crippen LogP contribution in [0, 0.1) is 0 Å². The van der Waals surface area contributed by atoms with E-state index in [1.165, 1.54) is 0 Å². The van der Waals surface area contributed by atoms with Crippen molar-refractivity contribution in [3.8, 4) is 11.5 Å². The molecule has 0 heterocycles. The first-order valence-electron chi connectivity index (χ1n) is 6.44. The third-order valence-electron chi connectivity index (χ3n) is 2.90. The van der Waals surface area contributed by atoms with Crippen molar-refractivity contribution in [2.45, 2.75) is 18.9 Å². The van der Waals surface area contributed by atoms with Crippen molar-refractivity contribution in [2.75, 3.05) is 33.9 Å². The predicted molar refractivity (Wildman–Crippen MR) is 73.7 cm³/mol. The van der Waals surface area contributed by atoms with Crippen LogP contribution in [0.3, 0.4) is 0 Å². The number of hydrogen-bond acceptors (Lipinski definition) is 5. The van der Waals surface area contributed by atoms with E-state index in [0.717, 1.165) is 19.4 Å². The SMILES string of the molecule is COc1ccc(OC)c(C(O)CNCCCCO)c1. The first kappa shape index (κ1) is 15.8. The van der Waals surface area contributed by atoms with Crippen molar-refractivity contribution >= 4 is 0 Å². The van der Waals surface area contributed by atoms with Crippen molar-refractivity contribution in [3.05, 3.63) is 23.8 Å². The zero-order chi connectivity index (χ0) is 14.1. The van der Waals surface area contributed by atoms with E-state index in [4.69, 9.17) is 14.6 Å². The highest BCUT2D eigenvalue weighted by Gasteiger charge is 2.14. The van der Waals surface area contributed by atoms with E-state index in [-0.39, 0.29) is 6.61 Å². The predicted octanol–water partition coefficient (Wildman–Crippen LogP) is 1.10. The van der Waals surface area contributed by atoms with Crippen molar-refractivity contribution in [1.29, 1.82) is 0 Å². The molecule has 108 valence electrons. The minimum Gasteiger partial charge on any atom is -0.497 e. The molecule has 1 rings (SSSR count). The van der Waals surface area contributed by atoms with Gasteiger partial charge in [0.1, 0.15) is 11.5 Å². The summed E-state index contributed by atoms with van der Waals surface area (Å²) in [4.78, 5) is 0. The average Bonchev–Trinajstić information content (AvgIpc) is 2.46. The van der Waals surface area contributed by atoms with E-state index in [0.29, 0.717) is 23.6 Å². The van der Waals surface area contributed by atoms with Gasteiger partial charge in [-0.3, -0.25) is 0 Å². The van der Waals surface area contributed by atoms with Crippen LogP contribution in [0.25, 0.3) is 0 Å². The van der Waals surface area contributed by atoms with Crippen LogP contribution in [-0.4, -0.2) is 44.1 Å². The summed E-state index contributed by atoms with van der Waals surface area (Å²) in [7, 11) is 3.16. The van der Waals surface area contributed by atoms with Gasteiger partial charge >= 0.3 is 0 Å². The second-order valence-electron chi connectivity index (χ2n) is 4.26. The monoisotopic (exact) mass is 269 g/mol. The number of rotatable bonds is 9. The van der Waals surface area contributed by atoms with Gasteiger partial charge in [0.05, 0.1) is 20.3 Å². The molecule has 0 saturated carbocycles. The van der Waals surface area contributed by atoms with Gasteiger partial charge in [0, 0.05) is 18.7 Å². The van der Waals surface area contributed by atoms with E-state index in [9.17, 15) is 5.11 Å². The first-order chi connectivity index (χ1) is 9.22. The van der Waals surface area contributed by atoms with Crippen LogP contribution < -0.4 is 14.8 Å². The quantitative estimate of drug-likeness (QED) is 0.586. The summed E-state index contributed by atoms with van der Waals surface area (Å²) in [5.41, 5.74) is 0.705. The molecule has 0 saturated heterocycles. The molecule has 0 spiro atoms. The molecule has 5 heteroatoms. The van der Waals surface area contributed by atoms with Crippen molar-refractivity contribution < 1.29 is 19.7 Å². The molecule has 5 nitrogen and oxygen atoms in total. The van der Waals surface area contributed by atoms with Crippen LogP contribution in [0.1, 0.15) is 24.5 Å². The van der Waals surface area contributed by atoms with Crippen LogP contribution in [0.15, 0.2) is 18.2 Å². The number of aliphatic hydroxyl groups is 2. The summed E-state index contributed by atoms with van der Waals surface area (Å²) in [5, 5.41) is 22.0. The number of nitrogens with one attached hydrogen (secondary N) is 1. The average molecular weight is 269 g/mol. The van der Waals surface area contributed by atoms with E-state index < -0.39 is 6.10 Å². The van der Waals surface area contributed by atoms with Gasteiger partial charge < -0.3 is 25.0 Å². The molecule has 0 aliphatic carbocycles. The highest BCUT2D eigenvalue weighted by Crippen LogP contribution is 2.28. The summed E-state index contributed by atoms with van der Waals surface area (Å²) >= 11 is 0. The lowest BCUT2D eigenvalue weighted by atomic mass is 10.1. The second-order valence-corrected chi connectivity index (χ2v) is 4.26. The Morgan fingerprint density at radius 1 is 1.21 bits per heavy atom. The van der Waals surface area contributed by atoms with E-state index in [1.807, 2.05) is 0 Å². The molecule has 0 radical (unpaired) electrons. The topological polar surface area (TPSA) is 71.0 Å². The lowest BCUT2D eigenvalue weighted by molar-refractivity contribution is 0.169. The number of methoxy groups -OCH3 is 2.